The molecule has 41 heavy (non-hydrogen) atoms. The number of ether oxygens (including phenoxy) is 4. The molecule has 1 amide bonds. The van der Waals surface area contributed by atoms with Gasteiger partial charge in [-0.25, -0.2) is 14.3 Å². The van der Waals surface area contributed by atoms with Crippen molar-refractivity contribution in [1.29, 1.82) is 0 Å². The molecular formula is C26H25F3N4O7S. The normalized spacial score (nSPS) is 17.4. The first-order valence-corrected chi connectivity index (χ1v) is 13.4. The zero-order valence-corrected chi connectivity index (χ0v) is 22.9. The number of amides is 1. The highest BCUT2D eigenvalue weighted by atomic mass is 32.1. The first-order chi connectivity index (χ1) is 19.5. The van der Waals surface area contributed by atoms with Gasteiger partial charge in [-0.1, -0.05) is 6.07 Å². The second-order valence-electron chi connectivity index (χ2n) is 9.12. The zero-order chi connectivity index (χ0) is 29.5. The van der Waals surface area contributed by atoms with Crippen LogP contribution < -0.4 is 20.1 Å². The number of carbonyl (C=O) groups excluding carboxylic acids is 3. The summed E-state index contributed by atoms with van der Waals surface area (Å²) in [6, 6.07) is 3.30. The zero-order valence-electron chi connectivity index (χ0n) is 22.1. The largest absolute Gasteiger partial charge is 0.462 e. The van der Waals surface area contributed by atoms with E-state index in [1.807, 2.05) is 0 Å². The fourth-order valence-corrected chi connectivity index (χ4v) is 5.73. The summed E-state index contributed by atoms with van der Waals surface area (Å²) in [6.45, 7) is 4.88. The van der Waals surface area contributed by atoms with Gasteiger partial charge in [0, 0.05) is 12.5 Å². The van der Waals surface area contributed by atoms with Crippen LogP contribution in [0.5, 0.6) is 11.5 Å². The number of nitrogens with one attached hydrogen (secondary N) is 2. The lowest BCUT2D eigenvalue weighted by Gasteiger charge is -2.33. The van der Waals surface area contributed by atoms with E-state index >= 15 is 0 Å². The minimum atomic E-state index is -4.66. The van der Waals surface area contributed by atoms with Crippen molar-refractivity contribution in [2.75, 3.05) is 30.6 Å². The number of hydrogen-bond donors (Lipinski definition) is 2. The van der Waals surface area contributed by atoms with Gasteiger partial charge in [-0.3, -0.25) is 4.79 Å². The average Bonchev–Trinajstić information content (AvgIpc) is 3.64. The van der Waals surface area contributed by atoms with Crippen LogP contribution in [0.4, 0.5) is 24.0 Å². The molecule has 4 heterocycles. The molecule has 2 atom stereocenters. The molecule has 2 aliphatic rings. The maximum absolute atomic E-state index is 14.2. The SMILES string of the molecule is CCOC(=O)c1sc(NC(=O)c2cc3n(n2)[C@H](C(F)(F)F)C[C@@H](c2ccc4c(c2)OCO4)N3)c(C(=O)OCC)c1C. The predicted molar refractivity (Wildman–Crippen MR) is 140 cm³/mol. The summed E-state index contributed by atoms with van der Waals surface area (Å²) in [7, 11) is 0. The molecule has 11 nitrogen and oxygen atoms in total. The number of thiophene rings is 1. The van der Waals surface area contributed by atoms with Crippen molar-refractivity contribution in [2.24, 2.45) is 0 Å². The van der Waals surface area contributed by atoms with Crippen LogP contribution in [0.15, 0.2) is 24.3 Å². The van der Waals surface area contributed by atoms with Crippen molar-refractivity contribution >= 4 is 40.0 Å². The Bertz CT molecular complexity index is 1520. The molecule has 0 aliphatic carbocycles. The molecule has 1 aromatic carbocycles. The second kappa shape index (κ2) is 11.0. The van der Waals surface area contributed by atoms with Crippen molar-refractivity contribution in [3.8, 4) is 11.5 Å². The Morgan fingerprint density at radius 1 is 1.12 bits per heavy atom. The third-order valence-electron chi connectivity index (χ3n) is 6.54. The van der Waals surface area contributed by atoms with E-state index in [4.69, 9.17) is 18.9 Å². The van der Waals surface area contributed by atoms with E-state index in [1.165, 1.54) is 13.0 Å². The monoisotopic (exact) mass is 594 g/mol. The van der Waals surface area contributed by atoms with E-state index in [2.05, 4.69) is 15.7 Å². The average molecular weight is 595 g/mol. The van der Waals surface area contributed by atoms with Gasteiger partial charge in [-0.2, -0.15) is 18.3 Å². The highest BCUT2D eigenvalue weighted by Crippen LogP contribution is 2.45. The lowest BCUT2D eigenvalue weighted by atomic mass is 9.96. The number of aromatic nitrogens is 2. The Labute approximate surface area is 235 Å². The highest BCUT2D eigenvalue weighted by molar-refractivity contribution is 7.18. The Morgan fingerprint density at radius 3 is 2.54 bits per heavy atom. The second-order valence-corrected chi connectivity index (χ2v) is 10.1. The molecule has 15 heteroatoms. The first-order valence-electron chi connectivity index (χ1n) is 12.6. The lowest BCUT2D eigenvalue weighted by molar-refractivity contribution is -0.173. The number of nitrogens with zero attached hydrogens (tertiary/aromatic N) is 2. The van der Waals surface area contributed by atoms with Gasteiger partial charge in [-0.05, 0) is 44.0 Å². The van der Waals surface area contributed by atoms with Gasteiger partial charge in [0.25, 0.3) is 5.91 Å². The summed E-state index contributed by atoms with van der Waals surface area (Å²) in [6.07, 6.45) is -5.05. The van der Waals surface area contributed by atoms with E-state index in [0.29, 0.717) is 17.1 Å². The molecule has 218 valence electrons. The van der Waals surface area contributed by atoms with Gasteiger partial charge >= 0.3 is 18.1 Å². The fraction of sp³-hybridized carbons (Fsp3) is 0.385. The maximum Gasteiger partial charge on any atom is 0.410 e. The molecule has 0 radical (unpaired) electrons. The van der Waals surface area contributed by atoms with E-state index in [0.717, 1.165) is 16.0 Å². The summed E-state index contributed by atoms with van der Waals surface area (Å²) in [5, 5.41) is 9.48. The van der Waals surface area contributed by atoms with Crippen molar-refractivity contribution in [3.63, 3.8) is 0 Å². The summed E-state index contributed by atoms with van der Waals surface area (Å²) in [5.41, 5.74) is 0.413. The molecule has 2 N–H and O–H groups in total. The molecular weight excluding hydrogens is 569 g/mol. The number of hydrogen-bond acceptors (Lipinski definition) is 10. The first kappa shape index (κ1) is 28.3. The summed E-state index contributed by atoms with van der Waals surface area (Å²) < 4.78 is 64.0. The number of carbonyl (C=O) groups is 3. The number of fused-ring (bicyclic) bond motifs is 2. The fourth-order valence-electron chi connectivity index (χ4n) is 4.64. The van der Waals surface area contributed by atoms with Crippen LogP contribution in [0, 0.1) is 6.92 Å². The van der Waals surface area contributed by atoms with Gasteiger partial charge in [0.15, 0.2) is 23.2 Å². The van der Waals surface area contributed by atoms with Gasteiger partial charge in [0.2, 0.25) is 6.79 Å². The van der Waals surface area contributed by atoms with Crippen LogP contribution in [0.1, 0.15) is 74.0 Å². The predicted octanol–water partition coefficient (Wildman–Crippen LogP) is 5.25. The number of esters is 2. The van der Waals surface area contributed by atoms with Crippen molar-refractivity contribution in [3.05, 3.63) is 51.5 Å². The van der Waals surface area contributed by atoms with E-state index < -0.39 is 36.1 Å². The number of alkyl halides is 3. The smallest absolute Gasteiger partial charge is 0.410 e. The molecule has 0 bridgehead atoms. The number of anilines is 2. The standard InChI is InChI=1S/C26H25F3N4O7S/c1-4-37-24(35)20-12(3)21(25(36)38-5-2)41-23(20)31-22(34)15-10-19-30-14(9-18(26(27,28)29)33(19)32-15)13-6-7-16-17(8-13)40-11-39-16/h6-8,10,14,18,30H,4-5,9,11H2,1-3H3,(H,31,34)/t14-,18-/m0/s1. The van der Waals surface area contributed by atoms with Crippen LogP contribution >= 0.6 is 11.3 Å². The molecule has 0 unspecified atom stereocenters. The van der Waals surface area contributed by atoms with E-state index in [1.54, 1.807) is 32.0 Å². The van der Waals surface area contributed by atoms with Crippen LogP contribution in [-0.2, 0) is 9.47 Å². The van der Waals surface area contributed by atoms with Gasteiger partial charge in [-0.15, -0.1) is 11.3 Å². The van der Waals surface area contributed by atoms with Crippen LogP contribution in [0.3, 0.4) is 0 Å². The van der Waals surface area contributed by atoms with E-state index in [-0.39, 0.29) is 58.9 Å². The summed E-state index contributed by atoms with van der Waals surface area (Å²) in [5.74, 6) is -1.44. The third kappa shape index (κ3) is 5.40. The van der Waals surface area contributed by atoms with Gasteiger partial charge in [0.1, 0.15) is 15.7 Å². The lowest BCUT2D eigenvalue weighted by Crippen LogP contribution is -2.35. The number of halogens is 3. The molecule has 2 aromatic heterocycles. The van der Waals surface area contributed by atoms with Gasteiger partial charge < -0.3 is 29.6 Å². The summed E-state index contributed by atoms with van der Waals surface area (Å²) in [4.78, 5) is 38.4. The van der Waals surface area contributed by atoms with Gasteiger partial charge in [0.05, 0.1) is 24.8 Å². The Kier molecular flexibility index (Phi) is 7.55. The van der Waals surface area contributed by atoms with E-state index in [9.17, 15) is 27.6 Å². The summed E-state index contributed by atoms with van der Waals surface area (Å²) >= 11 is 0.799. The van der Waals surface area contributed by atoms with Crippen molar-refractivity contribution in [2.45, 2.75) is 45.5 Å². The number of rotatable bonds is 7. The molecule has 0 fully saturated rings. The maximum atomic E-state index is 14.2. The van der Waals surface area contributed by atoms with Crippen molar-refractivity contribution in [1.82, 2.24) is 9.78 Å². The Hall–Kier alpha value is -4.27. The minimum absolute atomic E-state index is 0.0152. The third-order valence-corrected chi connectivity index (χ3v) is 7.72. The topological polar surface area (TPSA) is 130 Å². The van der Waals surface area contributed by atoms with Crippen LogP contribution in [-0.4, -0.2) is 53.8 Å². The molecule has 0 saturated heterocycles. The van der Waals surface area contributed by atoms with Crippen LogP contribution in [0.2, 0.25) is 0 Å². The molecule has 3 aromatic rings. The van der Waals surface area contributed by atoms with Crippen LogP contribution in [0.25, 0.3) is 0 Å². The quantitative estimate of drug-likeness (QED) is 0.353. The molecule has 2 aliphatic heterocycles. The Balaban J connectivity index is 1.46. The minimum Gasteiger partial charge on any atom is -0.462 e. The molecule has 5 rings (SSSR count). The Morgan fingerprint density at radius 2 is 1.83 bits per heavy atom. The molecule has 0 spiro atoms. The molecule has 0 saturated carbocycles. The number of benzene rings is 1. The highest BCUT2D eigenvalue weighted by Gasteiger charge is 2.47. The van der Waals surface area contributed by atoms with Crippen molar-refractivity contribution < 1.29 is 46.5 Å².